The molecular weight excluding hydrogens is 216 g/mol. The number of hydrogen-bond donors (Lipinski definition) is 1. The first kappa shape index (κ1) is 14.5. The van der Waals surface area contributed by atoms with E-state index >= 15 is 0 Å². The molecule has 0 aliphatic carbocycles. The molecule has 1 N–H and O–H groups in total. The third-order valence-corrected chi connectivity index (χ3v) is 2.79. The van der Waals surface area contributed by atoms with Crippen LogP contribution in [0, 0.1) is 5.92 Å². The highest BCUT2D eigenvalue weighted by molar-refractivity contribution is 5.84. The molecule has 4 nitrogen and oxygen atoms in total. The summed E-state index contributed by atoms with van der Waals surface area (Å²) < 4.78 is 5.51. The summed E-state index contributed by atoms with van der Waals surface area (Å²) in [5.74, 6) is 0.784. The van der Waals surface area contributed by atoms with Crippen molar-refractivity contribution in [3.8, 4) is 0 Å². The van der Waals surface area contributed by atoms with E-state index in [9.17, 15) is 4.79 Å². The van der Waals surface area contributed by atoms with Gasteiger partial charge in [0.05, 0.1) is 12.6 Å². The van der Waals surface area contributed by atoms with Gasteiger partial charge < -0.3 is 15.0 Å². The monoisotopic (exact) mass is 242 g/mol. The molecule has 1 rings (SSSR count). The number of likely N-dealkylation sites (tertiary alicyclic amines) is 1. The Morgan fingerprint density at radius 1 is 1.41 bits per heavy atom. The van der Waals surface area contributed by atoms with E-state index in [-0.39, 0.29) is 11.9 Å². The van der Waals surface area contributed by atoms with E-state index in [0.29, 0.717) is 18.6 Å². The van der Waals surface area contributed by atoms with Crippen molar-refractivity contribution >= 4 is 5.91 Å². The Morgan fingerprint density at radius 2 is 2.12 bits per heavy atom. The van der Waals surface area contributed by atoms with E-state index in [1.54, 1.807) is 0 Å². The fourth-order valence-corrected chi connectivity index (χ4v) is 2.01. The van der Waals surface area contributed by atoms with Gasteiger partial charge in [-0.05, 0) is 12.3 Å². The second-order valence-electron chi connectivity index (χ2n) is 5.46. The lowest BCUT2D eigenvalue weighted by Gasteiger charge is -2.18. The van der Waals surface area contributed by atoms with E-state index in [1.807, 2.05) is 4.90 Å². The van der Waals surface area contributed by atoms with Gasteiger partial charge in [-0.25, -0.2) is 0 Å². The van der Waals surface area contributed by atoms with Crippen molar-refractivity contribution in [2.75, 3.05) is 26.3 Å². The van der Waals surface area contributed by atoms with Gasteiger partial charge in [0, 0.05) is 25.7 Å². The van der Waals surface area contributed by atoms with Gasteiger partial charge in [0.2, 0.25) is 5.91 Å². The van der Waals surface area contributed by atoms with Crippen molar-refractivity contribution in [2.45, 2.75) is 46.2 Å². The van der Waals surface area contributed by atoms with Crippen molar-refractivity contribution < 1.29 is 9.53 Å². The Balaban J connectivity index is 2.21. The lowest BCUT2D eigenvalue weighted by molar-refractivity contribution is -0.130. The third kappa shape index (κ3) is 5.04. The Hall–Kier alpha value is -0.610. The fourth-order valence-electron chi connectivity index (χ4n) is 2.01. The van der Waals surface area contributed by atoms with Crippen LogP contribution in [-0.2, 0) is 9.53 Å². The quantitative estimate of drug-likeness (QED) is 0.683. The maximum absolute atomic E-state index is 12.0. The number of nitrogens with zero attached hydrogens (tertiary/aromatic N) is 1. The molecule has 0 aromatic carbocycles. The molecule has 1 amide bonds. The van der Waals surface area contributed by atoms with Gasteiger partial charge in [-0.3, -0.25) is 4.79 Å². The summed E-state index contributed by atoms with van der Waals surface area (Å²) in [7, 11) is 0. The topological polar surface area (TPSA) is 41.6 Å². The van der Waals surface area contributed by atoms with E-state index in [2.05, 4.69) is 33.0 Å². The summed E-state index contributed by atoms with van der Waals surface area (Å²) in [5, 5.41) is 3.30. The zero-order valence-corrected chi connectivity index (χ0v) is 11.5. The molecule has 0 aromatic heterocycles. The van der Waals surface area contributed by atoms with Crippen LogP contribution in [0.5, 0.6) is 0 Å². The van der Waals surface area contributed by atoms with E-state index in [0.717, 1.165) is 26.1 Å². The third-order valence-electron chi connectivity index (χ3n) is 2.79. The van der Waals surface area contributed by atoms with Crippen molar-refractivity contribution in [3.63, 3.8) is 0 Å². The molecule has 0 spiro atoms. The molecule has 1 aliphatic rings. The summed E-state index contributed by atoms with van der Waals surface area (Å²) >= 11 is 0. The van der Waals surface area contributed by atoms with Crippen LogP contribution in [0.1, 0.15) is 34.1 Å². The van der Waals surface area contributed by atoms with Crippen molar-refractivity contribution in [3.05, 3.63) is 0 Å². The molecule has 0 aromatic rings. The zero-order chi connectivity index (χ0) is 12.8. The number of hydrogen-bond acceptors (Lipinski definition) is 3. The Morgan fingerprint density at radius 3 is 2.71 bits per heavy atom. The van der Waals surface area contributed by atoms with Gasteiger partial charge in [0.25, 0.3) is 0 Å². The highest BCUT2D eigenvalue weighted by Crippen LogP contribution is 2.11. The summed E-state index contributed by atoms with van der Waals surface area (Å²) in [6, 6.07) is 0.376. The molecule has 0 saturated carbocycles. The van der Waals surface area contributed by atoms with Crippen LogP contribution in [0.2, 0.25) is 0 Å². The van der Waals surface area contributed by atoms with Crippen LogP contribution < -0.4 is 5.32 Å². The smallest absolute Gasteiger partial charge is 0.239 e. The second-order valence-corrected chi connectivity index (χ2v) is 5.46. The van der Waals surface area contributed by atoms with Crippen LogP contribution >= 0.6 is 0 Å². The first-order chi connectivity index (χ1) is 8.00. The van der Waals surface area contributed by atoms with Crippen LogP contribution in [-0.4, -0.2) is 49.2 Å². The molecular formula is C13H26N2O2. The Labute approximate surface area is 105 Å². The van der Waals surface area contributed by atoms with Gasteiger partial charge >= 0.3 is 0 Å². The lowest BCUT2D eigenvalue weighted by Crippen LogP contribution is -2.42. The number of carbonyl (C=O) groups is 1. The van der Waals surface area contributed by atoms with Crippen LogP contribution in [0.4, 0.5) is 0 Å². The van der Waals surface area contributed by atoms with Gasteiger partial charge in [-0.1, -0.05) is 27.7 Å². The molecule has 1 fully saturated rings. The first-order valence-corrected chi connectivity index (χ1v) is 6.63. The summed E-state index contributed by atoms with van der Waals surface area (Å²) in [4.78, 5) is 13.9. The molecule has 0 bridgehead atoms. The van der Waals surface area contributed by atoms with Crippen LogP contribution in [0.3, 0.4) is 0 Å². The maximum Gasteiger partial charge on any atom is 0.239 e. The molecule has 1 aliphatic heterocycles. The molecule has 1 heterocycles. The average molecular weight is 242 g/mol. The first-order valence-electron chi connectivity index (χ1n) is 6.63. The van der Waals surface area contributed by atoms with E-state index < -0.39 is 0 Å². The fraction of sp³-hybridized carbons (Fsp3) is 0.923. The van der Waals surface area contributed by atoms with Crippen LogP contribution in [0.25, 0.3) is 0 Å². The second kappa shape index (κ2) is 6.97. The molecule has 0 radical (unpaired) electrons. The normalized spacial score (nSPS) is 20.9. The standard InChI is InChI=1S/C13H26N2O2/c1-10(2)9-17-8-7-15-6-5-12(13(15)16)14-11(3)4/h10-12,14H,5-9H2,1-4H3. The maximum atomic E-state index is 12.0. The molecule has 4 heteroatoms. The van der Waals surface area contributed by atoms with E-state index in [4.69, 9.17) is 4.74 Å². The molecule has 1 saturated heterocycles. The largest absolute Gasteiger partial charge is 0.379 e. The lowest BCUT2D eigenvalue weighted by atomic mass is 10.2. The number of amides is 1. The number of nitrogens with one attached hydrogen (secondary N) is 1. The minimum absolute atomic E-state index is 0.0140. The summed E-state index contributed by atoms with van der Waals surface area (Å²) in [5.41, 5.74) is 0. The highest BCUT2D eigenvalue weighted by Gasteiger charge is 2.31. The number of carbonyl (C=O) groups excluding carboxylic acids is 1. The summed E-state index contributed by atoms with van der Waals surface area (Å²) in [6.07, 6.45) is 0.918. The predicted molar refractivity (Wildman–Crippen MR) is 68.9 cm³/mol. The Kier molecular flexibility index (Phi) is 5.92. The SMILES string of the molecule is CC(C)COCCN1CCC(NC(C)C)C1=O. The van der Waals surface area contributed by atoms with Crippen LogP contribution in [0.15, 0.2) is 0 Å². The molecule has 100 valence electrons. The summed E-state index contributed by atoms with van der Waals surface area (Å²) in [6.45, 7) is 11.4. The number of rotatable bonds is 7. The van der Waals surface area contributed by atoms with E-state index in [1.165, 1.54) is 0 Å². The molecule has 1 atom stereocenters. The van der Waals surface area contributed by atoms with Crippen molar-refractivity contribution in [1.82, 2.24) is 10.2 Å². The molecule has 17 heavy (non-hydrogen) atoms. The van der Waals surface area contributed by atoms with Gasteiger partial charge in [0.15, 0.2) is 0 Å². The zero-order valence-electron chi connectivity index (χ0n) is 11.5. The van der Waals surface area contributed by atoms with Gasteiger partial charge in [0.1, 0.15) is 0 Å². The van der Waals surface area contributed by atoms with Gasteiger partial charge in [-0.15, -0.1) is 0 Å². The number of ether oxygens (including phenoxy) is 1. The predicted octanol–water partition coefficient (Wildman–Crippen LogP) is 1.26. The minimum atomic E-state index is 0.0140. The van der Waals surface area contributed by atoms with Crippen molar-refractivity contribution in [1.29, 1.82) is 0 Å². The molecule has 1 unspecified atom stereocenters. The Bertz CT molecular complexity index is 242. The van der Waals surface area contributed by atoms with Gasteiger partial charge in [-0.2, -0.15) is 0 Å². The highest BCUT2D eigenvalue weighted by atomic mass is 16.5. The van der Waals surface area contributed by atoms with Crippen molar-refractivity contribution in [2.24, 2.45) is 5.92 Å². The average Bonchev–Trinajstić information content (AvgIpc) is 2.55. The minimum Gasteiger partial charge on any atom is -0.379 e.